The highest BCUT2D eigenvalue weighted by Gasteiger charge is 2.18. The van der Waals surface area contributed by atoms with E-state index >= 15 is 0 Å². The summed E-state index contributed by atoms with van der Waals surface area (Å²) in [7, 11) is 0. The van der Waals surface area contributed by atoms with Crippen molar-refractivity contribution in [2.75, 3.05) is 0 Å². The van der Waals surface area contributed by atoms with E-state index < -0.39 is 0 Å². The molecule has 0 aromatic carbocycles. The summed E-state index contributed by atoms with van der Waals surface area (Å²) < 4.78 is 2.08. The summed E-state index contributed by atoms with van der Waals surface area (Å²) in [5.74, 6) is 1.07. The Morgan fingerprint density at radius 2 is 2.00 bits per heavy atom. The number of aromatic nitrogens is 3. The van der Waals surface area contributed by atoms with Crippen LogP contribution in [0.2, 0.25) is 0 Å². The SMILES string of the molecule is CC(C)(C)c1ncc2cnccn12. The molecule has 2 aromatic rings. The molecule has 13 heavy (non-hydrogen) atoms. The molecule has 2 heterocycles. The Balaban J connectivity index is 2.72. The highest BCUT2D eigenvalue weighted by molar-refractivity contribution is 5.43. The second-order valence-corrected chi connectivity index (χ2v) is 4.20. The monoisotopic (exact) mass is 175 g/mol. The molecule has 68 valence electrons. The maximum atomic E-state index is 4.39. The molecule has 0 bridgehead atoms. The molecule has 0 aliphatic carbocycles. The number of hydrogen-bond donors (Lipinski definition) is 0. The largest absolute Gasteiger partial charge is 0.300 e. The number of nitrogens with zero attached hydrogens (tertiary/aromatic N) is 3. The van der Waals surface area contributed by atoms with Crippen molar-refractivity contribution in [3.63, 3.8) is 0 Å². The summed E-state index contributed by atoms with van der Waals surface area (Å²) in [6.45, 7) is 6.46. The summed E-state index contributed by atoms with van der Waals surface area (Å²) >= 11 is 0. The molecule has 0 unspecified atom stereocenters. The minimum absolute atomic E-state index is 0.0772. The van der Waals surface area contributed by atoms with Gasteiger partial charge in [-0.3, -0.25) is 4.98 Å². The van der Waals surface area contributed by atoms with E-state index in [1.165, 1.54) is 0 Å². The molecule has 0 amide bonds. The van der Waals surface area contributed by atoms with Crippen LogP contribution < -0.4 is 0 Å². The summed E-state index contributed by atoms with van der Waals surface area (Å²) in [4.78, 5) is 8.44. The van der Waals surface area contributed by atoms with Gasteiger partial charge in [-0.25, -0.2) is 4.98 Å². The molecule has 0 fully saturated rings. The van der Waals surface area contributed by atoms with Crippen molar-refractivity contribution in [2.24, 2.45) is 0 Å². The van der Waals surface area contributed by atoms with E-state index in [9.17, 15) is 0 Å². The van der Waals surface area contributed by atoms with E-state index in [1.54, 1.807) is 6.20 Å². The first-order chi connectivity index (χ1) is 6.09. The third-order valence-corrected chi connectivity index (χ3v) is 2.00. The Morgan fingerprint density at radius 3 is 2.69 bits per heavy atom. The van der Waals surface area contributed by atoms with Gasteiger partial charge in [-0.2, -0.15) is 0 Å². The first-order valence-electron chi connectivity index (χ1n) is 4.36. The Bertz CT molecular complexity index is 423. The van der Waals surface area contributed by atoms with Gasteiger partial charge in [-0.1, -0.05) is 20.8 Å². The number of rotatable bonds is 0. The second kappa shape index (κ2) is 2.55. The van der Waals surface area contributed by atoms with E-state index in [1.807, 2.05) is 18.6 Å². The molecule has 2 aromatic heterocycles. The fourth-order valence-electron chi connectivity index (χ4n) is 1.41. The zero-order valence-corrected chi connectivity index (χ0v) is 8.15. The summed E-state index contributed by atoms with van der Waals surface area (Å²) in [6.07, 6.45) is 7.41. The van der Waals surface area contributed by atoms with E-state index in [0.29, 0.717) is 0 Å². The molecule has 0 saturated heterocycles. The quantitative estimate of drug-likeness (QED) is 0.613. The van der Waals surface area contributed by atoms with Crippen LogP contribution >= 0.6 is 0 Å². The smallest absolute Gasteiger partial charge is 0.118 e. The summed E-state index contributed by atoms with van der Waals surface area (Å²) in [5, 5.41) is 0. The van der Waals surface area contributed by atoms with Crippen LogP contribution in [0.5, 0.6) is 0 Å². The Kier molecular flexibility index (Phi) is 1.62. The van der Waals surface area contributed by atoms with Gasteiger partial charge < -0.3 is 4.40 Å². The van der Waals surface area contributed by atoms with Crippen LogP contribution in [0.1, 0.15) is 26.6 Å². The van der Waals surface area contributed by atoms with Gasteiger partial charge in [0.15, 0.2) is 0 Å². The summed E-state index contributed by atoms with van der Waals surface area (Å²) in [5.41, 5.74) is 1.13. The predicted molar refractivity (Wildman–Crippen MR) is 51.7 cm³/mol. The number of imidazole rings is 1. The van der Waals surface area contributed by atoms with Gasteiger partial charge in [0, 0.05) is 17.8 Å². The van der Waals surface area contributed by atoms with Gasteiger partial charge >= 0.3 is 0 Å². The van der Waals surface area contributed by atoms with Crippen LogP contribution in [0.25, 0.3) is 5.52 Å². The highest BCUT2D eigenvalue weighted by Crippen LogP contribution is 2.21. The predicted octanol–water partition coefficient (Wildman–Crippen LogP) is 2.03. The molecule has 0 aliphatic heterocycles. The van der Waals surface area contributed by atoms with Crippen molar-refractivity contribution in [3.05, 3.63) is 30.6 Å². The Hall–Kier alpha value is -1.38. The number of hydrogen-bond acceptors (Lipinski definition) is 2. The molecule has 3 nitrogen and oxygen atoms in total. The molecule has 0 N–H and O–H groups in total. The van der Waals surface area contributed by atoms with Crippen molar-refractivity contribution in [1.82, 2.24) is 14.4 Å². The van der Waals surface area contributed by atoms with E-state index in [-0.39, 0.29) is 5.41 Å². The molecular weight excluding hydrogens is 162 g/mol. The van der Waals surface area contributed by atoms with Crippen molar-refractivity contribution < 1.29 is 0 Å². The van der Waals surface area contributed by atoms with Crippen LogP contribution in [0.3, 0.4) is 0 Å². The van der Waals surface area contributed by atoms with E-state index in [4.69, 9.17) is 0 Å². The topological polar surface area (TPSA) is 30.2 Å². The van der Waals surface area contributed by atoms with Crippen LogP contribution in [-0.2, 0) is 5.41 Å². The zero-order valence-electron chi connectivity index (χ0n) is 8.15. The fraction of sp³-hybridized carbons (Fsp3) is 0.400. The van der Waals surface area contributed by atoms with Gasteiger partial charge in [-0.15, -0.1) is 0 Å². The van der Waals surface area contributed by atoms with Gasteiger partial charge in [0.2, 0.25) is 0 Å². The fourth-order valence-corrected chi connectivity index (χ4v) is 1.41. The Morgan fingerprint density at radius 1 is 1.23 bits per heavy atom. The minimum Gasteiger partial charge on any atom is -0.300 e. The van der Waals surface area contributed by atoms with Crippen LogP contribution in [0.15, 0.2) is 24.8 Å². The third-order valence-electron chi connectivity index (χ3n) is 2.00. The van der Waals surface area contributed by atoms with Gasteiger partial charge in [0.25, 0.3) is 0 Å². The Labute approximate surface area is 77.4 Å². The van der Waals surface area contributed by atoms with Gasteiger partial charge in [-0.05, 0) is 0 Å². The average molecular weight is 175 g/mol. The normalized spacial score (nSPS) is 12.2. The maximum absolute atomic E-state index is 4.39. The molecular formula is C10H13N3. The average Bonchev–Trinajstić information content (AvgIpc) is 2.45. The zero-order chi connectivity index (χ0) is 9.47. The lowest BCUT2D eigenvalue weighted by Gasteiger charge is -2.16. The molecule has 3 heteroatoms. The first kappa shape index (κ1) is 8.23. The van der Waals surface area contributed by atoms with Crippen LogP contribution in [0, 0.1) is 0 Å². The van der Waals surface area contributed by atoms with Gasteiger partial charge in [0.1, 0.15) is 5.82 Å². The van der Waals surface area contributed by atoms with Gasteiger partial charge in [0.05, 0.1) is 17.9 Å². The van der Waals surface area contributed by atoms with Crippen molar-refractivity contribution in [3.8, 4) is 0 Å². The second-order valence-electron chi connectivity index (χ2n) is 4.20. The standard InChI is InChI=1S/C10H13N3/c1-10(2,3)9-12-7-8-6-11-4-5-13(8)9/h4-7H,1-3H3. The lowest BCUT2D eigenvalue weighted by molar-refractivity contribution is 0.542. The summed E-state index contributed by atoms with van der Waals surface area (Å²) in [6, 6.07) is 0. The molecule has 0 saturated carbocycles. The molecule has 0 atom stereocenters. The van der Waals surface area contributed by atoms with E-state index in [0.717, 1.165) is 11.3 Å². The number of fused-ring (bicyclic) bond motifs is 1. The molecule has 0 spiro atoms. The van der Waals surface area contributed by atoms with E-state index in [2.05, 4.69) is 35.1 Å². The van der Waals surface area contributed by atoms with Crippen LogP contribution in [0.4, 0.5) is 0 Å². The van der Waals surface area contributed by atoms with Crippen molar-refractivity contribution in [2.45, 2.75) is 26.2 Å². The first-order valence-corrected chi connectivity index (χ1v) is 4.36. The molecule has 0 aliphatic rings. The molecule has 2 rings (SSSR count). The van der Waals surface area contributed by atoms with Crippen LogP contribution in [-0.4, -0.2) is 14.4 Å². The van der Waals surface area contributed by atoms with Crippen molar-refractivity contribution >= 4 is 5.52 Å². The third kappa shape index (κ3) is 1.30. The van der Waals surface area contributed by atoms with Crippen molar-refractivity contribution in [1.29, 1.82) is 0 Å². The lowest BCUT2D eigenvalue weighted by atomic mass is 9.96. The molecule has 0 radical (unpaired) electrons. The minimum atomic E-state index is 0.0772. The lowest BCUT2D eigenvalue weighted by Crippen LogP contribution is -2.15. The highest BCUT2D eigenvalue weighted by atomic mass is 15.0. The maximum Gasteiger partial charge on any atom is 0.118 e.